The molecule has 0 aliphatic rings. The summed E-state index contributed by atoms with van der Waals surface area (Å²) in [6.07, 6.45) is 0.919. The van der Waals surface area contributed by atoms with Crippen molar-refractivity contribution in [3.05, 3.63) is 65.2 Å². The molecular formula is C15H14OS. The molecule has 86 valence electrons. The fourth-order valence-corrected chi connectivity index (χ4v) is 2.48. The van der Waals surface area contributed by atoms with Crippen LogP contribution in [0.4, 0.5) is 0 Å². The van der Waals surface area contributed by atoms with Crippen molar-refractivity contribution in [2.24, 2.45) is 0 Å². The zero-order chi connectivity index (χ0) is 12.1. The number of rotatable bonds is 4. The largest absolute Gasteiger partial charge is 0.298 e. The van der Waals surface area contributed by atoms with Gasteiger partial charge in [0, 0.05) is 16.2 Å². The number of carbonyl (C=O) groups excluding carboxylic acids is 1. The molecule has 1 nitrogen and oxygen atoms in total. The van der Waals surface area contributed by atoms with Crippen LogP contribution in [0.5, 0.6) is 0 Å². The molecule has 0 atom stereocenters. The van der Waals surface area contributed by atoms with Crippen LogP contribution in [0.15, 0.2) is 53.4 Å². The Morgan fingerprint density at radius 1 is 1.12 bits per heavy atom. The Hall–Kier alpha value is -1.54. The lowest BCUT2D eigenvalue weighted by atomic mass is 10.1. The van der Waals surface area contributed by atoms with Gasteiger partial charge in [0.05, 0.1) is 0 Å². The van der Waals surface area contributed by atoms with Crippen molar-refractivity contribution >= 4 is 18.0 Å². The summed E-state index contributed by atoms with van der Waals surface area (Å²) in [4.78, 5) is 12.0. The van der Waals surface area contributed by atoms with Crippen LogP contribution in [0.3, 0.4) is 0 Å². The van der Waals surface area contributed by atoms with Crippen LogP contribution in [0.1, 0.15) is 21.5 Å². The highest BCUT2D eigenvalue weighted by Gasteiger charge is 2.00. The van der Waals surface area contributed by atoms with Gasteiger partial charge in [-0.1, -0.05) is 36.4 Å². The number of carbonyl (C=O) groups is 1. The highest BCUT2D eigenvalue weighted by molar-refractivity contribution is 7.98. The minimum atomic E-state index is 0.781. The van der Waals surface area contributed by atoms with E-state index >= 15 is 0 Å². The van der Waals surface area contributed by atoms with Crippen molar-refractivity contribution in [1.82, 2.24) is 0 Å². The lowest BCUT2D eigenvalue weighted by Gasteiger charge is -2.04. The maximum atomic E-state index is 10.8. The molecule has 0 aliphatic heterocycles. The first-order valence-corrected chi connectivity index (χ1v) is 6.51. The fraction of sp³-hybridized carbons (Fsp3) is 0.133. The van der Waals surface area contributed by atoms with Gasteiger partial charge >= 0.3 is 0 Å². The second-order valence-corrected chi connectivity index (χ2v) is 4.96. The fourth-order valence-electron chi connectivity index (χ4n) is 1.58. The van der Waals surface area contributed by atoms with Crippen LogP contribution >= 0.6 is 11.8 Å². The molecule has 2 rings (SSSR count). The zero-order valence-corrected chi connectivity index (χ0v) is 10.5. The summed E-state index contributed by atoms with van der Waals surface area (Å²) < 4.78 is 0. The van der Waals surface area contributed by atoms with E-state index in [4.69, 9.17) is 0 Å². The average molecular weight is 242 g/mol. The maximum Gasteiger partial charge on any atom is 0.150 e. The van der Waals surface area contributed by atoms with Crippen LogP contribution in [-0.2, 0) is 5.75 Å². The number of benzene rings is 2. The van der Waals surface area contributed by atoms with Crippen LogP contribution in [0, 0.1) is 6.92 Å². The minimum Gasteiger partial charge on any atom is -0.298 e. The van der Waals surface area contributed by atoms with Gasteiger partial charge in [0.25, 0.3) is 0 Å². The molecule has 0 spiro atoms. The molecule has 0 unspecified atom stereocenters. The standard InChI is InChI=1S/C15H14OS/c1-12-7-8-15(9-14(12)10-16)17-11-13-5-3-2-4-6-13/h2-10H,11H2,1H3. The first-order valence-electron chi connectivity index (χ1n) is 5.52. The van der Waals surface area contributed by atoms with E-state index in [-0.39, 0.29) is 0 Å². The number of aldehydes is 1. The van der Waals surface area contributed by atoms with Crippen LogP contribution in [-0.4, -0.2) is 6.29 Å². The van der Waals surface area contributed by atoms with E-state index in [0.717, 1.165) is 28.1 Å². The number of aryl methyl sites for hydroxylation is 1. The zero-order valence-electron chi connectivity index (χ0n) is 9.72. The SMILES string of the molecule is Cc1ccc(SCc2ccccc2)cc1C=O. The Balaban J connectivity index is 2.07. The number of hydrogen-bond donors (Lipinski definition) is 0. The molecule has 0 bridgehead atoms. The third kappa shape index (κ3) is 3.21. The van der Waals surface area contributed by atoms with Gasteiger partial charge in [-0.05, 0) is 30.2 Å². The summed E-state index contributed by atoms with van der Waals surface area (Å²) in [6, 6.07) is 16.3. The summed E-state index contributed by atoms with van der Waals surface area (Å²) in [7, 11) is 0. The first kappa shape index (κ1) is 11.9. The predicted molar refractivity (Wildman–Crippen MR) is 72.6 cm³/mol. The van der Waals surface area contributed by atoms with Crippen LogP contribution < -0.4 is 0 Å². The molecule has 0 radical (unpaired) electrons. The topological polar surface area (TPSA) is 17.1 Å². The van der Waals surface area contributed by atoms with Gasteiger partial charge in [0.15, 0.2) is 0 Å². The normalized spacial score (nSPS) is 10.2. The lowest BCUT2D eigenvalue weighted by Crippen LogP contribution is -1.87. The molecule has 0 N–H and O–H groups in total. The molecule has 0 aliphatic carbocycles. The lowest BCUT2D eigenvalue weighted by molar-refractivity contribution is 0.112. The van der Waals surface area contributed by atoms with E-state index in [1.807, 2.05) is 37.3 Å². The molecule has 0 amide bonds. The van der Waals surface area contributed by atoms with Crippen LogP contribution in [0.25, 0.3) is 0 Å². The molecule has 0 saturated carbocycles. The molecule has 2 aromatic rings. The number of hydrogen-bond acceptors (Lipinski definition) is 2. The van der Waals surface area contributed by atoms with Crippen molar-refractivity contribution in [3.63, 3.8) is 0 Å². The van der Waals surface area contributed by atoms with Crippen molar-refractivity contribution in [2.45, 2.75) is 17.6 Å². The van der Waals surface area contributed by atoms with Gasteiger partial charge in [-0.15, -0.1) is 11.8 Å². The Kier molecular flexibility index (Phi) is 3.99. The molecule has 2 aromatic carbocycles. The molecule has 0 heterocycles. The van der Waals surface area contributed by atoms with E-state index in [9.17, 15) is 4.79 Å². The monoisotopic (exact) mass is 242 g/mol. The summed E-state index contributed by atoms with van der Waals surface area (Å²) in [5.74, 6) is 0.933. The molecule has 17 heavy (non-hydrogen) atoms. The Bertz CT molecular complexity index is 506. The third-order valence-electron chi connectivity index (χ3n) is 2.63. The predicted octanol–water partition coefficient (Wildman–Crippen LogP) is 4.10. The summed E-state index contributed by atoms with van der Waals surface area (Å²) in [5, 5.41) is 0. The van der Waals surface area contributed by atoms with Crippen molar-refractivity contribution in [3.8, 4) is 0 Å². The molecular weight excluding hydrogens is 228 g/mol. The molecule has 0 fully saturated rings. The van der Waals surface area contributed by atoms with Gasteiger partial charge in [0.2, 0.25) is 0 Å². The minimum absolute atomic E-state index is 0.781. The summed E-state index contributed by atoms with van der Waals surface area (Å²) in [5.41, 5.74) is 3.11. The molecule has 2 heteroatoms. The highest BCUT2D eigenvalue weighted by Crippen LogP contribution is 2.24. The first-order chi connectivity index (χ1) is 8.29. The average Bonchev–Trinajstić information content (AvgIpc) is 2.39. The van der Waals surface area contributed by atoms with Gasteiger partial charge in [-0.3, -0.25) is 4.79 Å². The second kappa shape index (κ2) is 5.69. The smallest absolute Gasteiger partial charge is 0.150 e. The Labute approximate surface area is 106 Å². The van der Waals surface area contributed by atoms with Gasteiger partial charge in [0.1, 0.15) is 6.29 Å². The molecule has 0 aromatic heterocycles. The highest BCUT2D eigenvalue weighted by atomic mass is 32.2. The van der Waals surface area contributed by atoms with E-state index in [1.165, 1.54) is 5.56 Å². The quantitative estimate of drug-likeness (QED) is 0.593. The van der Waals surface area contributed by atoms with Crippen molar-refractivity contribution in [2.75, 3.05) is 0 Å². The van der Waals surface area contributed by atoms with E-state index in [1.54, 1.807) is 11.8 Å². The van der Waals surface area contributed by atoms with Crippen molar-refractivity contribution < 1.29 is 4.79 Å². The number of thioether (sulfide) groups is 1. The Morgan fingerprint density at radius 3 is 2.59 bits per heavy atom. The van der Waals surface area contributed by atoms with Gasteiger partial charge in [-0.2, -0.15) is 0 Å². The maximum absolute atomic E-state index is 10.8. The van der Waals surface area contributed by atoms with Crippen molar-refractivity contribution in [1.29, 1.82) is 0 Å². The second-order valence-electron chi connectivity index (χ2n) is 3.91. The third-order valence-corrected chi connectivity index (χ3v) is 3.69. The van der Waals surface area contributed by atoms with Gasteiger partial charge in [-0.25, -0.2) is 0 Å². The molecule has 0 saturated heterocycles. The summed E-state index contributed by atoms with van der Waals surface area (Å²) >= 11 is 1.75. The Morgan fingerprint density at radius 2 is 1.88 bits per heavy atom. The van der Waals surface area contributed by atoms with E-state index in [0.29, 0.717) is 0 Å². The summed E-state index contributed by atoms with van der Waals surface area (Å²) in [6.45, 7) is 1.95. The van der Waals surface area contributed by atoms with E-state index in [2.05, 4.69) is 18.2 Å². The van der Waals surface area contributed by atoms with Gasteiger partial charge < -0.3 is 0 Å². The van der Waals surface area contributed by atoms with E-state index < -0.39 is 0 Å². The van der Waals surface area contributed by atoms with Crippen LogP contribution in [0.2, 0.25) is 0 Å².